The maximum absolute atomic E-state index is 12.5. The van der Waals surface area contributed by atoms with E-state index in [9.17, 15) is 4.79 Å². The Bertz CT molecular complexity index is 788. The van der Waals surface area contributed by atoms with Crippen LogP contribution in [0.15, 0.2) is 57.9 Å². The highest BCUT2D eigenvalue weighted by Crippen LogP contribution is 2.23. The van der Waals surface area contributed by atoms with Gasteiger partial charge in [-0.1, -0.05) is 29.8 Å². The normalized spacial score (nSPS) is 12.1. The van der Waals surface area contributed by atoms with Crippen LogP contribution >= 0.6 is 0 Å². The molecule has 0 spiro atoms. The highest BCUT2D eigenvalue weighted by atomic mass is 16.3. The SMILES string of the molecule is Cc1ccc(-c2ocnc2C(=O)NC(C)CCc2ccco2)cc1. The number of carbonyl (C=O) groups is 1. The third kappa shape index (κ3) is 3.74. The molecule has 3 aromatic rings. The number of nitrogens with zero attached hydrogens (tertiary/aromatic N) is 1. The molecule has 2 heterocycles. The first-order chi connectivity index (χ1) is 11.6. The van der Waals surface area contributed by atoms with E-state index >= 15 is 0 Å². The maximum atomic E-state index is 12.5. The second-order valence-electron chi connectivity index (χ2n) is 5.89. The molecule has 1 unspecified atom stereocenters. The van der Waals surface area contributed by atoms with Crippen LogP contribution in [0.5, 0.6) is 0 Å². The highest BCUT2D eigenvalue weighted by molar-refractivity contribution is 5.97. The Kier molecular flexibility index (Phi) is 4.79. The molecular formula is C19H20N2O3. The number of furan rings is 1. The molecule has 2 aromatic heterocycles. The summed E-state index contributed by atoms with van der Waals surface area (Å²) in [6.45, 7) is 3.98. The molecule has 1 aromatic carbocycles. The Hall–Kier alpha value is -2.82. The maximum Gasteiger partial charge on any atom is 0.274 e. The van der Waals surface area contributed by atoms with Gasteiger partial charge in [-0.15, -0.1) is 0 Å². The van der Waals surface area contributed by atoms with Gasteiger partial charge in [-0.2, -0.15) is 0 Å². The lowest BCUT2D eigenvalue weighted by Gasteiger charge is -2.12. The van der Waals surface area contributed by atoms with Gasteiger partial charge in [0.05, 0.1) is 6.26 Å². The zero-order valence-corrected chi connectivity index (χ0v) is 13.8. The summed E-state index contributed by atoms with van der Waals surface area (Å²) in [5, 5.41) is 2.96. The van der Waals surface area contributed by atoms with E-state index in [1.54, 1.807) is 6.26 Å². The largest absolute Gasteiger partial charge is 0.469 e. The molecule has 1 atom stereocenters. The summed E-state index contributed by atoms with van der Waals surface area (Å²) in [6.07, 6.45) is 4.52. The van der Waals surface area contributed by atoms with Crippen molar-refractivity contribution < 1.29 is 13.6 Å². The van der Waals surface area contributed by atoms with Crippen molar-refractivity contribution in [2.75, 3.05) is 0 Å². The summed E-state index contributed by atoms with van der Waals surface area (Å²) in [5.41, 5.74) is 2.30. The van der Waals surface area contributed by atoms with E-state index in [2.05, 4.69) is 10.3 Å². The topological polar surface area (TPSA) is 68.3 Å². The van der Waals surface area contributed by atoms with Gasteiger partial charge >= 0.3 is 0 Å². The smallest absolute Gasteiger partial charge is 0.274 e. The molecule has 0 aliphatic heterocycles. The van der Waals surface area contributed by atoms with Gasteiger partial charge < -0.3 is 14.2 Å². The summed E-state index contributed by atoms with van der Waals surface area (Å²) in [6, 6.07) is 11.6. The molecule has 0 fully saturated rings. The number of carbonyl (C=O) groups excluding carboxylic acids is 1. The first-order valence-electron chi connectivity index (χ1n) is 7.97. The quantitative estimate of drug-likeness (QED) is 0.744. The Labute approximate surface area is 140 Å². The Balaban J connectivity index is 1.65. The van der Waals surface area contributed by atoms with Crippen LogP contribution < -0.4 is 5.32 Å². The van der Waals surface area contributed by atoms with Crippen molar-refractivity contribution in [3.05, 3.63) is 66.1 Å². The van der Waals surface area contributed by atoms with E-state index in [0.717, 1.165) is 29.7 Å². The third-order valence-electron chi connectivity index (χ3n) is 3.88. The predicted molar refractivity (Wildman–Crippen MR) is 90.6 cm³/mol. The van der Waals surface area contributed by atoms with Gasteiger partial charge in [0.15, 0.2) is 17.8 Å². The minimum Gasteiger partial charge on any atom is -0.469 e. The lowest BCUT2D eigenvalue weighted by molar-refractivity contribution is 0.0934. The van der Waals surface area contributed by atoms with Gasteiger partial charge in [0, 0.05) is 18.0 Å². The lowest BCUT2D eigenvalue weighted by Crippen LogP contribution is -2.33. The molecule has 0 aliphatic rings. The average Bonchev–Trinajstić information content (AvgIpc) is 3.25. The number of amides is 1. The van der Waals surface area contributed by atoms with Gasteiger partial charge in [-0.05, 0) is 32.4 Å². The van der Waals surface area contributed by atoms with Gasteiger partial charge in [0.2, 0.25) is 0 Å². The summed E-state index contributed by atoms with van der Waals surface area (Å²) < 4.78 is 10.7. The van der Waals surface area contributed by atoms with Crippen molar-refractivity contribution in [2.45, 2.75) is 32.7 Å². The molecule has 0 bridgehead atoms. The van der Waals surface area contributed by atoms with Crippen LogP contribution in [0.3, 0.4) is 0 Å². The van der Waals surface area contributed by atoms with Gasteiger partial charge in [-0.25, -0.2) is 4.98 Å². The van der Waals surface area contributed by atoms with E-state index in [-0.39, 0.29) is 11.9 Å². The monoisotopic (exact) mass is 324 g/mol. The molecule has 24 heavy (non-hydrogen) atoms. The fraction of sp³-hybridized carbons (Fsp3) is 0.263. The van der Waals surface area contributed by atoms with Crippen LogP contribution in [0.4, 0.5) is 0 Å². The van der Waals surface area contributed by atoms with E-state index in [1.165, 1.54) is 6.39 Å². The van der Waals surface area contributed by atoms with Crippen LogP contribution in [0.1, 0.15) is 35.2 Å². The number of aromatic nitrogens is 1. The number of hydrogen-bond acceptors (Lipinski definition) is 4. The molecule has 0 saturated carbocycles. The number of nitrogens with one attached hydrogen (secondary N) is 1. The molecule has 5 nitrogen and oxygen atoms in total. The van der Waals surface area contributed by atoms with Crippen LogP contribution in [-0.4, -0.2) is 16.9 Å². The van der Waals surface area contributed by atoms with Crippen LogP contribution in [0, 0.1) is 6.92 Å². The highest BCUT2D eigenvalue weighted by Gasteiger charge is 2.19. The minimum atomic E-state index is -0.230. The Morgan fingerprint density at radius 1 is 1.21 bits per heavy atom. The molecule has 124 valence electrons. The van der Waals surface area contributed by atoms with Gasteiger partial charge in [-0.3, -0.25) is 4.79 Å². The van der Waals surface area contributed by atoms with Crippen LogP contribution in [-0.2, 0) is 6.42 Å². The van der Waals surface area contributed by atoms with Crippen molar-refractivity contribution in [3.63, 3.8) is 0 Å². The second kappa shape index (κ2) is 7.17. The molecule has 0 saturated heterocycles. The first kappa shape index (κ1) is 16.1. The van der Waals surface area contributed by atoms with Gasteiger partial charge in [0.1, 0.15) is 5.76 Å². The zero-order valence-electron chi connectivity index (χ0n) is 13.8. The van der Waals surface area contributed by atoms with Crippen molar-refractivity contribution in [3.8, 4) is 11.3 Å². The lowest BCUT2D eigenvalue weighted by atomic mass is 10.1. The fourth-order valence-corrected chi connectivity index (χ4v) is 2.50. The fourth-order valence-electron chi connectivity index (χ4n) is 2.50. The molecule has 0 aliphatic carbocycles. The average molecular weight is 324 g/mol. The second-order valence-corrected chi connectivity index (χ2v) is 5.89. The van der Waals surface area contributed by atoms with E-state index in [4.69, 9.17) is 8.83 Å². The zero-order chi connectivity index (χ0) is 16.9. The first-order valence-corrected chi connectivity index (χ1v) is 7.97. The standard InChI is InChI=1S/C19H20N2O3/c1-13-5-8-15(9-6-13)18-17(20-12-24-18)19(22)21-14(2)7-10-16-4-3-11-23-16/h3-6,8-9,11-12,14H,7,10H2,1-2H3,(H,21,22). The number of oxazole rings is 1. The van der Waals surface area contributed by atoms with E-state index in [1.807, 2.05) is 50.2 Å². The summed E-state index contributed by atoms with van der Waals surface area (Å²) in [7, 11) is 0. The molecule has 0 radical (unpaired) electrons. The molecule has 1 N–H and O–H groups in total. The van der Waals surface area contributed by atoms with Crippen molar-refractivity contribution in [1.82, 2.24) is 10.3 Å². The molecule has 3 rings (SSSR count). The Morgan fingerprint density at radius 2 is 2.00 bits per heavy atom. The van der Waals surface area contributed by atoms with Gasteiger partial charge in [0.25, 0.3) is 5.91 Å². The molecule has 5 heteroatoms. The van der Waals surface area contributed by atoms with Crippen LogP contribution in [0.2, 0.25) is 0 Å². The molecule has 1 amide bonds. The van der Waals surface area contributed by atoms with E-state index in [0.29, 0.717) is 11.5 Å². The predicted octanol–water partition coefficient (Wildman–Crippen LogP) is 3.99. The summed E-state index contributed by atoms with van der Waals surface area (Å²) in [5.74, 6) is 1.18. The minimum absolute atomic E-state index is 0.00479. The van der Waals surface area contributed by atoms with E-state index < -0.39 is 0 Å². The number of aryl methyl sites for hydroxylation is 2. The van der Waals surface area contributed by atoms with Crippen LogP contribution in [0.25, 0.3) is 11.3 Å². The summed E-state index contributed by atoms with van der Waals surface area (Å²) in [4.78, 5) is 16.6. The Morgan fingerprint density at radius 3 is 2.71 bits per heavy atom. The molecular weight excluding hydrogens is 304 g/mol. The van der Waals surface area contributed by atoms with Crippen molar-refractivity contribution >= 4 is 5.91 Å². The summed E-state index contributed by atoms with van der Waals surface area (Å²) >= 11 is 0. The van der Waals surface area contributed by atoms with Crippen molar-refractivity contribution in [2.24, 2.45) is 0 Å². The van der Waals surface area contributed by atoms with Crippen molar-refractivity contribution in [1.29, 1.82) is 0 Å². The number of rotatable bonds is 6. The number of hydrogen-bond donors (Lipinski definition) is 1. The third-order valence-corrected chi connectivity index (χ3v) is 3.88. The number of benzene rings is 1.